The number of nitrogens with two attached hydrogens (primary N) is 1. The molecule has 6 nitrogen and oxygen atoms in total. The van der Waals surface area contributed by atoms with Crippen LogP contribution in [0.2, 0.25) is 0 Å². The van der Waals surface area contributed by atoms with E-state index in [1.54, 1.807) is 18.2 Å². The number of rotatable bonds is 4. The number of hydrogen-bond donors (Lipinski definition) is 2. The van der Waals surface area contributed by atoms with Crippen LogP contribution in [-0.2, 0) is 16.4 Å². The van der Waals surface area contributed by atoms with E-state index in [0.717, 1.165) is 23.9 Å². The van der Waals surface area contributed by atoms with Crippen LogP contribution in [-0.4, -0.2) is 41.0 Å². The lowest BCUT2D eigenvalue weighted by Gasteiger charge is -2.15. The maximum Gasteiger partial charge on any atom is 0.243 e. The molecule has 1 aromatic heterocycles. The Morgan fingerprint density at radius 2 is 2.10 bits per heavy atom. The van der Waals surface area contributed by atoms with Crippen LogP contribution in [0.4, 0.5) is 0 Å². The number of thiocarbonyl (C=S) groups is 1. The van der Waals surface area contributed by atoms with Crippen LogP contribution in [0, 0.1) is 0 Å². The van der Waals surface area contributed by atoms with Gasteiger partial charge in [-0.3, -0.25) is 5.10 Å². The molecule has 0 radical (unpaired) electrons. The van der Waals surface area contributed by atoms with E-state index >= 15 is 0 Å². The first-order chi connectivity index (χ1) is 9.98. The summed E-state index contributed by atoms with van der Waals surface area (Å²) in [5.41, 5.74) is 7.01. The summed E-state index contributed by atoms with van der Waals surface area (Å²) in [5, 5.41) is 7.76. The van der Waals surface area contributed by atoms with Gasteiger partial charge in [-0.15, -0.1) is 0 Å². The fourth-order valence-electron chi connectivity index (χ4n) is 2.59. The van der Waals surface area contributed by atoms with Crippen LogP contribution in [0.5, 0.6) is 0 Å². The molecule has 8 heteroatoms. The van der Waals surface area contributed by atoms with E-state index in [1.165, 1.54) is 4.31 Å². The molecule has 1 aliphatic rings. The first-order valence-corrected chi connectivity index (χ1v) is 8.59. The maximum absolute atomic E-state index is 12.6. The van der Waals surface area contributed by atoms with Crippen molar-refractivity contribution in [3.8, 4) is 0 Å². The molecule has 0 spiro atoms. The normalized spacial score (nSPS) is 16.6. The standard InChI is InChI=1S/C13H16N4O2S2/c14-13(20)8-12-10-7-9(3-4-11(10)15-16-12)21(18,19)17-5-1-2-6-17/h3-4,7H,1-2,5-6,8H2,(H2,14,20)(H,15,16). The quantitative estimate of drug-likeness (QED) is 0.824. The van der Waals surface area contributed by atoms with Gasteiger partial charge in [0.2, 0.25) is 10.0 Å². The van der Waals surface area contributed by atoms with Crippen LogP contribution in [0.3, 0.4) is 0 Å². The smallest absolute Gasteiger partial charge is 0.243 e. The molecule has 21 heavy (non-hydrogen) atoms. The molecule has 0 unspecified atom stereocenters. The van der Waals surface area contributed by atoms with Gasteiger partial charge in [-0.25, -0.2) is 8.42 Å². The number of aromatic amines is 1. The summed E-state index contributed by atoms with van der Waals surface area (Å²) >= 11 is 4.90. The average Bonchev–Trinajstić information content (AvgIpc) is 3.08. The molecule has 3 rings (SSSR count). The van der Waals surface area contributed by atoms with Gasteiger partial charge in [0.25, 0.3) is 0 Å². The van der Waals surface area contributed by atoms with Crippen molar-refractivity contribution in [2.45, 2.75) is 24.2 Å². The van der Waals surface area contributed by atoms with Crippen molar-refractivity contribution >= 4 is 38.1 Å². The third-order valence-corrected chi connectivity index (χ3v) is 5.70. The minimum absolute atomic E-state index is 0.294. The molecule has 0 bridgehead atoms. The van der Waals surface area contributed by atoms with Gasteiger partial charge in [0.1, 0.15) is 0 Å². The molecular formula is C13H16N4O2S2. The predicted molar refractivity (Wildman–Crippen MR) is 84.6 cm³/mol. The number of sulfonamides is 1. The zero-order valence-corrected chi connectivity index (χ0v) is 13.0. The topological polar surface area (TPSA) is 92.1 Å². The number of benzene rings is 1. The van der Waals surface area contributed by atoms with Crippen LogP contribution in [0.25, 0.3) is 10.9 Å². The highest BCUT2D eigenvalue weighted by Crippen LogP contribution is 2.25. The molecule has 2 heterocycles. The largest absolute Gasteiger partial charge is 0.393 e. The van der Waals surface area contributed by atoms with Crippen molar-refractivity contribution in [1.82, 2.24) is 14.5 Å². The number of nitrogens with zero attached hydrogens (tertiary/aromatic N) is 2. The Balaban J connectivity index is 2.05. The van der Waals surface area contributed by atoms with E-state index < -0.39 is 10.0 Å². The van der Waals surface area contributed by atoms with Crippen LogP contribution >= 0.6 is 12.2 Å². The summed E-state index contributed by atoms with van der Waals surface area (Å²) in [4.78, 5) is 0.635. The molecule has 1 aromatic carbocycles. The van der Waals surface area contributed by atoms with Crippen LogP contribution < -0.4 is 5.73 Å². The summed E-state index contributed by atoms with van der Waals surface area (Å²) in [6, 6.07) is 4.96. The summed E-state index contributed by atoms with van der Waals surface area (Å²) in [7, 11) is -3.43. The lowest BCUT2D eigenvalue weighted by atomic mass is 10.2. The Morgan fingerprint density at radius 1 is 1.38 bits per heavy atom. The third kappa shape index (κ3) is 2.66. The molecule has 0 saturated carbocycles. The maximum atomic E-state index is 12.6. The average molecular weight is 324 g/mol. The minimum atomic E-state index is -3.43. The Bertz CT molecular complexity index is 792. The lowest BCUT2D eigenvalue weighted by Crippen LogP contribution is -2.27. The fraction of sp³-hybridized carbons (Fsp3) is 0.385. The zero-order chi connectivity index (χ0) is 15.0. The number of hydrogen-bond acceptors (Lipinski definition) is 4. The fourth-order valence-corrected chi connectivity index (χ4v) is 4.28. The van der Waals surface area contributed by atoms with Crippen molar-refractivity contribution in [1.29, 1.82) is 0 Å². The molecule has 2 aromatic rings. The van der Waals surface area contributed by atoms with Gasteiger partial charge in [0, 0.05) is 30.6 Å². The number of fused-ring (bicyclic) bond motifs is 1. The van der Waals surface area contributed by atoms with Gasteiger partial charge in [0.15, 0.2) is 0 Å². The Morgan fingerprint density at radius 3 is 2.76 bits per heavy atom. The van der Waals surface area contributed by atoms with Gasteiger partial charge in [-0.1, -0.05) is 12.2 Å². The SMILES string of the molecule is NC(=S)Cc1[nH]nc2ccc(S(=O)(=O)N3CCCC3)cc12. The highest BCUT2D eigenvalue weighted by Gasteiger charge is 2.27. The third-order valence-electron chi connectivity index (χ3n) is 3.66. The van der Waals surface area contributed by atoms with E-state index in [0.29, 0.717) is 34.9 Å². The highest BCUT2D eigenvalue weighted by molar-refractivity contribution is 7.89. The van der Waals surface area contributed by atoms with E-state index in [9.17, 15) is 8.42 Å². The van der Waals surface area contributed by atoms with E-state index in [1.807, 2.05) is 0 Å². The van der Waals surface area contributed by atoms with Crippen molar-refractivity contribution in [2.24, 2.45) is 5.73 Å². The second kappa shape index (κ2) is 5.36. The lowest BCUT2D eigenvalue weighted by molar-refractivity contribution is 0.477. The summed E-state index contributed by atoms with van der Waals surface area (Å²) < 4.78 is 26.7. The van der Waals surface area contributed by atoms with E-state index in [-0.39, 0.29) is 0 Å². The number of nitrogens with one attached hydrogen (secondary N) is 1. The molecule has 1 aliphatic heterocycles. The molecule has 0 amide bonds. The molecule has 112 valence electrons. The Labute approximate surface area is 128 Å². The van der Waals surface area contributed by atoms with Gasteiger partial charge in [-0.05, 0) is 31.0 Å². The van der Waals surface area contributed by atoms with Crippen molar-refractivity contribution in [3.63, 3.8) is 0 Å². The van der Waals surface area contributed by atoms with Crippen LogP contribution in [0.15, 0.2) is 23.1 Å². The molecule has 1 saturated heterocycles. The first-order valence-electron chi connectivity index (χ1n) is 6.74. The molecule has 0 aliphatic carbocycles. The Kier molecular flexibility index (Phi) is 3.68. The van der Waals surface area contributed by atoms with Crippen molar-refractivity contribution in [2.75, 3.05) is 13.1 Å². The molecule has 0 atom stereocenters. The summed E-state index contributed by atoms with van der Waals surface area (Å²) in [6.07, 6.45) is 2.21. The predicted octanol–water partition coefficient (Wildman–Crippen LogP) is 1.18. The first kappa shape index (κ1) is 14.4. The Hall–Kier alpha value is -1.51. The molecular weight excluding hydrogens is 308 g/mol. The second-order valence-corrected chi connectivity index (χ2v) is 7.60. The number of aromatic nitrogens is 2. The van der Waals surface area contributed by atoms with Gasteiger partial charge in [0.05, 0.1) is 15.4 Å². The highest BCUT2D eigenvalue weighted by atomic mass is 32.2. The van der Waals surface area contributed by atoms with E-state index in [4.69, 9.17) is 18.0 Å². The summed E-state index contributed by atoms with van der Waals surface area (Å²) in [6.45, 7) is 1.18. The van der Waals surface area contributed by atoms with Gasteiger partial charge < -0.3 is 5.73 Å². The van der Waals surface area contributed by atoms with Crippen molar-refractivity contribution in [3.05, 3.63) is 23.9 Å². The summed E-state index contributed by atoms with van der Waals surface area (Å²) in [5.74, 6) is 0. The zero-order valence-electron chi connectivity index (χ0n) is 11.4. The molecule has 1 fully saturated rings. The van der Waals surface area contributed by atoms with E-state index in [2.05, 4.69) is 10.2 Å². The number of H-pyrrole nitrogens is 1. The van der Waals surface area contributed by atoms with Crippen molar-refractivity contribution < 1.29 is 8.42 Å². The monoisotopic (exact) mass is 324 g/mol. The van der Waals surface area contributed by atoms with Gasteiger partial charge >= 0.3 is 0 Å². The van der Waals surface area contributed by atoms with Gasteiger partial charge in [-0.2, -0.15) is 9.40 Å². The second-order valence-electron chi connectivity index (χ2n) is 5.14. The minimum Gasteiger partial charge on any atom is -0.393 e. The van der Waals surface area contributed by atoms with Crippen LogP contribution in [0.1, 0.15) is 18.5 Å². The molecule has 3 N–H and O–H groups in total.